The summed E-state index contributed by atoms with van der Waals surface area (Å²) in [7, 11) is 3.31. The number of nitrogens with one attached hydrogen (secondary N) is 1. The zero-order valence-corrected chi connectivity index (χ0v) is 17.1. The molecule has 2 aromatic carbocycles. The monoisotopic (exact) mass is 419 g/mol. The van der Waals surface area contributed by atoms with Gasteiger partial charge in [-0.3, -0.25) is 9.59 Å². The number of imidazole rings is 1. The number of nitrogens with zero attached hydrogens (tertiary/aromatic N) is 2. The lowest BCUT2D eigenvalue weighted by molar-refractivity contribution is -0.111. The minimum Gasteiger partial charge on any atom is -0.493 e. The number of aryl methyl sites for hydroxylation is 1. The molecule has 0 fully saturated rings. The van der Waals surface area contributed by atoms with E-state index in [0.717, 1.165) is 5.56 Å². The van der Waals surface area contributed by atoms with Gasteiger partial charge in [-0.1, -0.05) is 0 Å². The maximum absolute atomic E-state index is 12.5. The van der Waals surface area contributed by atoms with Gasteiger partial charge in [-0.2, -0.15) is 0 Å². The Balaban J connectivity index is 1.42. The molecule has 0 aliphatic carbocycles. The van der Waals surface area contributed by atoms with Crippen LogP contribution in [0.4, 0.5) is 5.69 Å². The summed E-state index contributed by atoms with van der Waals surface area (Å²) < 4.78 is 18.2. The maximum Gasteiger partial charge on any atom is 0.248 e. The van der Waals surface area contributed by atoms with Crippen LogP contribution in [0.1, 0.15) is 21.7 Å². The van der Waals surface area contributed by atoms with Gasteiger partial charge in [0.2, 0.25) is 17.4 Å². The smallest absolute Gasteiger partial charge is 0.248 e. The largest absolute Gasteiger partial charge is 0.493 e. The van der Waals surface area contributed by atoms with Crippen molar-refractivity contribution in [3.05, 3.63) is 71.8 Å². The molecule has 0 radical (unpaired) electrons. The molecule has 1 aromatic heterocycles. The van der Waals surface area contributed by atoms with Crippen molar-refractivity contribution in [2.45, 2.75) is 0 Å². The van der Waals surface area contributed by atoms with Gasteiger partial charge in [0.05, 0.1) is 7.11 Å². The Hall–Kier alpha value is -4.07. The summed E-state index contributed by atoms with van der Waals surface area (Å²) in [6, 6.07) is 10.2. The van der Waals surface area contributed by atoms with Crippen LogP contribution in [0.25, 0.3) is 6.08 Å². The number of ether oxygens (including phenoxy) is 3. The summed E-state index contributed by atoms with van der Waals surface area (Å²) in [6.07, 6.45) is 6.36. The first-order valence-corrected chi connectivity index (χ1v) is 9.64. The van der Waals surface area contributed by atoms with Gasteiger partial charge in [-0.15, -0.1) is 0 Å². The number of ketones is 1. The third kappa shape index (κ3) is 4.42. The molecule has 31 heavy (non-hydrogen) atoms. The van der Waals surface area contributed by atoms with Gasteiger partial charge >= 0.3 is 0 Å². The summed E-state index contributed by atoms with van der Waals surface area (Å²) in [5.41, 5.74) is 1.81. The number of benzene rings is 2. The number of aromatic nitrogens is 2. The highest BCUT2D eigenvalue weighted by Crippen LogP contribution is 2.40. The molecule has 0 bridgehead atoms. The lowest BCUT2D eigenvalue weighted by Gasteiger charge is -2.20. The van der Waals surface area contributed by atoms with Gasteiger partial charge in [0, 0.05) is 36.8 Å². The Kier molecular flexibility index (Phi) is 5.70. The van der Waals surface area contributed by atoms with Crippen LogP contribution >= 0.6 is 0 Å². The van der Waals surface area contributed by atoms with E-state index in [4.69, 9.17) is 14.2 Å². The third-order valence-corrected chi connectivity index (χ3v) is 4.72. The van der Waals surface area contributed by atoms with Crippen LogP contribution < -0.4 is 19.5 Å². The van der Waals surface area contributed by atoms with Gasteiger partial charge in [0.15, 0.2) is 17.3 Å². The molecule has 0 unspecified atom stereocenters. The Labute approximate surface area is 179 Å². The molecule has 158 valence electrons. The number of rotatable bonds is 6. The quantitative estimate of drug-likeness (QED) is 0.488. The Morgan fingerprint density at radius 2 is 1.94 bits per heavy atom. The lowest BCUT2D eigenvalue weighted by atomic mass is 10.1. The van der Waals surface area contributed by atoms with Crippen LogP contribution in [0.3, 0.4) is 0 Å². The van der Waals surface area contributed by atoms with E-state index in [1.807, 2.05) is 0 Å². The summed E-state index contributed by atoms with van der Waals surface area (Å²) in [5.74, 6) is 1.56. The highest BCUT2D eigenvalue weighted by Gasteiger charge is 2.18. The molecule has 1 N–H and O–H groups in total. The number of fused-ring (bicyclic) bond motifs is 1. The number of hydrogen-bond donors (Lipinski definition) is 1. The first kappa shape index (κ1) is 20.2. The summed E-state index contributed by atoms with van der Waals surface area (Å²) >= 11 is 0. The second kappa shape index (κ2) is 8.74. The fourth-order valence-electron chi connectivity index (χ4n) is 3.16. The normalized spacial score (nSPS) is 12.6. The Bertz CT molecular complexity index is 1130. The first-order valence-electron chi connectivity index (χ1n) is 9.64. The van der Waals surface area contributed by atoms with E-state index in [-0.39, 0.29) is 11.7 Å². The second-order valence-electron chi connectivity index (χ2n) is 6.84. The van der Waals surface area contributed by atoms with E-state index in [2.05, 4.69) is 10.3 Å². The molecule has 0 saturated heterocycles. The van der Waals surface area contributed by atoms with Crippen LogP contribution in [0, 0.1) is 0 Å². The highest BCUT2D eigenvalue weighted by atomic mass is 16.6. The van der Waals surface area contributed by atoms with Crippen molar-refractivity contribution < 1.29 is 23.8 Å². The van der Waals surface area contributed by atoms with Crippen molar-refractivity contribution in [2.24, 2.45) is 7.05 Å². The fourth-order valence-corrected chi connectivity index (χ4v) is 3.16. The number of anilines is 1. The summed E-state index contributed by atoms with van der Waals surface area (Å²) in [5, 5.41) is 2.77. The molecule has 0 spiro atoms. The van der Waals surface area contributed by atoms with Gasteiger partial charge in [-0.05, 0) is 48.0 Å². The van der Waals surface area contributed by atoms with Crippen LogP contribution in [-0.2, 0) is 11.8 Å². The topological polar surface area (TPSA) is 91.7 Å². The number of hydrogen-bond acceptors (Lipinski definition) is 6. The van der Waals surface area contributed by atoms with Crippen molar-refractivity contribution in [1.29, 1.82) is 0 Å². The average molecular weight is 419 g/mol. The summed E-state index contributed by atoms with van der Waals surface area (Å²) in [4.78, 5) is 28.8. The van der Waals surface area contributed by atoms with Crippen LogP contribution in [-0.4, -0.2) is 41.6 Å². The first-order chi connectivity index (χ1) is 15.0. The van der Waals surface area contributed by atoms with Crippen LogP contribution in [0.15, 0.2) is 54.9 Å². The molecule has 8 heteroatoms. The predicted molar refractivity (Wildman–Crippen MR) is 115 cm³/mol. The Morgan fingerprint density at radius 3 is 2.65 bits per heavy atom. The van der Waals surface area contributed by atoms with E-state index in [1.54, 1.807) is 73.6 Å². The standard InChI is InChI=1S/C23H21N3O5/c1-26-10-9-24-23(26)21(28)16-4-6-17(7-5-16)25-20(27)8-3-15-13-18(29-2)22-19(14-15)30-11-12-31-22/h3-10,13-14H,11-12H2,1-2H3,(H,25,27)/b8-3+. The number of methoxy groups -OCH3 is 1. The van der Waals surface area contributed by atoms with Crippen LogP contribution in [0.5, 0.6) is 17.2 Å². The zero-order chi connectivity index (χ0) is 21.8. The zero-order valence-electron chi connectivity index (χ0n) is 17.1. The van der Waals surface area contributed by atoms with Gasteiger partial charge in [0.25, 0.3) is 0 Å². The molecule has 0 atom stereocenters. The summed E-state index contributed by atoms with van der Waals surface area (Å²) in [6.45, 7) is 0.926. The van der Waals surface area contributed by atoms with E-state index >= 15 is 0 Å². The van der Waals surface area contributed by atoms with Crippen molar-refractivity contribution in [1.82, 2.24) is 9.55 Å². The van der Waals surface area contributed by atoms with Gasteiger partial charge in [0.1, 0.15) is 13.2 Å². The van der Waals surface area contributed by atoms with E-state index in [9.17, 15) is 9.59 Å². The van der Waals surface area contributed by atoms with Crippen molar-refractivity contribution in [3.8, 4) is 17.2 Å². The average Bonchev–Trinajstić information content (AvgIpc) is 3.23. The Morgan fingerprint density at radius 1 is 1.16 bits per heavy atom. The minimum atomic E-state index is -0.308. The predicted octanol–water partition coefficient (Wildman–Crippen LogP) is 3.08. The molecule has 4 rings (SSSR count). The third-order valence-electron chi connectivity index (χ3n) is 4.72. The highest BCUT2D eigenvalue weighted by molar-refractivity contribution is 6.07. The van der Waals surface area contributed by atoms with E-state index in [0.29, 0.717) is 47.5 Å². The van der Waals surface area contributed by atoms with Crippen molar-refractivity contribution in [3.63, 3.8) is 0 Å². The van der Waals surface area contributed by atoms with E-state index in [1.165, 1.54) is 6.08 Å². The molecule has 1 aliphatic heterocycles. The molecule has 3 aromatic rings. The van der Waals surface area contributed by atoms with E-state index < -0.39 is 0 Å². The number of amides is 1. The fraction of sp³-hybridized carbons (Fsp3) is 0.174. The molecular formula is C23H21N3O5. The van der Waals surface area contributed by atoms with Gasteiger partial charge in [-0.25, -0.2) is 4.98 Å². The van der Waals surface area contributed by atoms with Crippen LogP contribution in [0.2, 0.25) is 0 Å². The van der Waals surface area contributed by atoms with Crippen molar-refractivity contribution >= 4 is 23.5 Å². The number of carbonyl (C=O) groups excluding carboxylic acids is 2. The minimum absolute atomic E-state index is 0.183. The molecule has 0 saturated carbocycles. The maximum atomic E-state index is 12.5. The lowest BCUT2D eigenvalue weighted by Crippen LogP contribution is -2.16. The molecular weight excluding hydrogens is 398 g/mol. The molecule has 2 heterocycles. The van der Waals surface area contributed by atoms with Gasteiger partial charge < -0.3 is 24.1 Å². The molecule has 1 aliphatic rings. The molecule has 8 nitrogen and oxygen atoms in total. The van der Waals surface area contributed by atoms with Crippen molar-refractivity contribution in [2.75, 3.05) is 25.6 Å². The number of carbonyl (C=O) groups is 2. The molecule has 1 amide bonds. The second-order valence-corrected chi connectivity index (χ2v) is 6.84. The SMILES string of the molecule is COc1cc(/C=C/C(=O)Nc2ccc(C(=O)c3nccn3C)cc2)cc2c1OCCO2.